The summed E-state index contributed by atoms with van der Waals surface area (Å²) in [7, 11) is 0. The van der Waals surface area contributed by atoms with Crippen LogP contribution >= 0.6 is 11.3 Å². The van der Waals surface area contributed by atoms with Gasteiger partial charge in [0.25, 0.3) is 0 Å². The zero-order valence-electron chi connectivity index (χ0n) is 6.98. The molecule has 0 aromatic carbocycles. The molecule has 0 atom stereocenters. The van der Waals surface area contributed by atoms with Crippen LogP contribution in [0.2, 0.25) is 0 Å². The smallest absolute Gasteiger partial charge is 0.0223 e. The summed E-state index contributed by atoms with van der Waals surface area (Å²) >= 11 is 1.92. The van der Waals surface area contributed by atoms with Gasteiger partial charge in [-0.2, -0.15) is 0 Å². The second kappa shape index (κ2) is 2.61. The van der Waals surface area contributed by atoms with E-state index in [-0.39, 0.29) is 0 Å². The fourth-order valence-electron chi connectivity index (χ4n) is 1.59. The molecule has 0 saturated heterocycles. The van der Waals surface area contributed by atoms with Crippen LogP contribution in [0.4, 0.5) is 0 Å². The molecule has 2 rings (SSSR count). The first-order chi connectivity index (χ1) is 5.29. The molecule has 11 heavy (non-hydrogen) atoms. The van der Waals surface area contributed by atoms with Gasteiger partial charge in [0.15, 0.2) is 0 Å². The van der Waals surface area contributed by atoms with Gasteiger partial charge in [-0.05, 0) is 22.4 Å². The lowest BCUT2D eigenvalue weighted by atomic mass is 10.1. The van der Waals surface area contributed by atoms with Crippen LogP contribution in [-0.4, -0.2) is 0 Å². The molecule has 0 fully saturated rings. The van der Waals surface area contributed by atoms with Gasteiger partial charge in [-0.15, -0.1) is 11.3 Å². The number of hydrogen-bond donors (Lipinski definition) is 1. The molecule has 0 saturated carbocycles. The van der Waals surface area contributed by atoms with Crippen LogP contribution < -0.4 is 5.32 Å². The minimum Gasteiger partial charge on any atom is -0.309 e. The SMILES string of the molecule is CC(C)c1scc2c1CNC2. The predicted octanol–water partition coefficient (Wildman–Crippen LogP) is 2.47. The minimum atomic E-state index is 0.698. The first kappa shape index (κ1) is 7.32. The summed E-state index contributed by atoms with van der Waals surface area (Å²) in [6.07, 6.45) is 0. The molecule has 0 amide bonds. The van der Waals surface area contributed by atoms with E-state index in [0.29, 0.717) is 5.92 Å². The van der Waals surface area contributed by atoms with Crippen LogP contribution in [0.3, 0.4) is 0 Å². The number of hydrogen-bond acceptors (Lipinski definition) is 2. The van der Waals surface area contributed by atoms with Crippen LogP contribution in [0, 0.1) is 0 Å². The van der Waals surface area contributed by atoms with Crippen LogP contribution in [0.25, 0.3) is 0 Å². The van der Waals surface area contributed by atoms with Gasteiger partial charge in [0.1, 0.15) is 0 Å². The molecule has 0 unspecified atom stereocenters. The number of nitrogens with one attached hydrogen (secondary N) is 1. The van der Waals surface area contributed by atoms with Gasteiger partial charge in [-0.3, -0.25) is 0 Å². The van der Waals surface area contributed by atoms with Crippen molar-refractivity contribution in [1.82, 2.24) is 5.32 Å². The molecule has 1 aliphatic heterocycles. The lowest BCUT2D eigenvalue weighted by Crippen LogP contribution is -2.01. The predicted molar refractivity (Wildman–Crippen MR) is 49.0 cm³/mol. The first-order valence-electron chi connectivity index (χ1n) is 4.09. The highest BCUT2D eigenvalue weighted by molar-refractivity contribution is 7.10. The van der Waals surface area contributed by atoms with Crippen LogP contribution in [0.1, 0.15) is 35.8 Å². The third kappa shape index (κ3) is 1.10. The highest BCUT2D eigenvalue weighted by Crippen LogP contribution is 2.31. The van der Waals surface area contributed by atoms with E-state index < -0.39 is 0 Å². The van der Waals surface area contributed by atoms with E-state index in [4.69, 9.17) is 0 Å². The fraction of sp³-hybridized carbons (Fsp3) is 0.556. The Balaban J connectivity index is 2.42. The summed E-state index contributed by atoms with van der Waals surface area (Å²) < 4.78 is 0. The molecule has 2 heteroatoms. The maximum absolute atomic E-state index is 3.37. The molecule has 1 nitrogen and oxygen atoms in total. The van der Waals surface area contributed by atoms with E-state index in [1.807, 2.05) is 11.3 Å². The summed E-state index contributed by atoms with van der Waals surface area (Å²) in [5.41, 5.74) is 3.10. The Morgan fingerprint density at radius 2 is 2.27 bits per heavy atom. The number of fused-ring (bicyclic) bond motifs is 1. The summed E-state index contributed by atoms with van der Waals surface area (Å²) in [5.74, 6) is 0.698. The van der Waals surface area contributed by atoms with Crippen molar-refractivity contribution in [3.8, 4) is 0 Å². The van der Waals surface area contributed by atoms with Crippen molar-refractivity contribution in [2.45, 2.75) is 32.9 Å². The monoisotopic (exact) mass is 167 g/mol. The standard InChI is InChI=1S/C9H13NS/c1-6(2)9-8-4-10-3-7(8)5-11-9/h5-6,10H,3-4H2,1-2H3. The Bertz CT molecular complexity index is 263. The average Bonchev–Trinajstić information content (AvgIpc) is 2.41. The molecule has 2 heterocycles. The van der Waals surface area contributed by atoms with Gasteiger partial charge in [-0.1, -0.05) is 13.8 Å². The molecule has 1 aliphatic rings. The van der Waals surface area contributed by atoms with Crippen molar-refractivity contribution in [1.29, 1.82) is 0 Å². The van der Waals surface area contributed by atoms with Gasteiger partial charge >= 0.3 is 0 Å². The molecular formula is C9H13NS. The van der Waals surface area contributed by atoms with Gasteiger partial charge in [0, 0.05) is 18.0 Å². The lowest BCUT2D eigenvalue weighted by molar-refractivity contribution is 0.756. The zero-order valence-corrected chi connectivity index (χ0v) is 7.79. The Labute approximate surface area is 71.4 Å². The summed E-state index contributed by atoms with van der Waals surface area (Å²) in [4.78, 5) is 1.57. The molecule has 0 radical (unpaired) electrons. The third-order valence-electron chi connectivity index (χ3n) is 2.15. The van der Waals surface area contributed by atoms with Gasteiger partial charge in [0.2, 0.25) is 0 Å². The van der Waals surface area contributed by atoms with Crippen LogP contribution in [0.15, 0.2) is 5.38 Å². The topological polar surface area (TPSA) is 12.0 Å². The molecule has 1 aromatic heterocycles. The van der Waals surface area contributed by atoms with Crippen molar-refractivity contribution >= 4 is 11.3 Å². The first-order valence-corrected chi connectivity index (χ1v) is 4.97. The van der Waals surface area contributed by atoms with E-state index >= 15 is 0 Å². The van der Waals surface area contributed by atoms with Crippen LogP contribution in [0.5, 0.6) is 0 Å². The lowest BCUT2D eigenvalue weighted by Gasteiger charge is -2.02. The highest BCUT2D eigenvalue weighted by atomic mass is 32.1. The second-order valence-corrected chi connectivity index (χ2v) is 4.27. The maximum Gasteiger partial charge on any atom is 0.0223 e. The molecule has 1 aromatic rings. The Kier molecular flexibility index (Phi) is 1.74. The van der Waals surface area contributed by atoms with Gasteiger partial charge in [0.05, 0.1) is 0 Å². The molecule has 0 bridgehead atoms. The van der Waals surface area contributed by atoms with E-state index in [1.165, 1.54) is 5.56 Å². The van der Waals surface area contributed by atoms with E-state index in [0.717, 1.165) is 13.1 Å². The van der Waals surface area contributed by atoms with Gasteiger partial charge < -0.3 is 5.32 Å². The molecular weight excluding hydrogens is 154 g/mol. The Morgan fingerprint density at radius 3 is 3.00 bits per heavy atom. The Hall–Kier alpha value is -0.340. The summed E-state index contributed by atoms with van der Waals surface area (Å²) in [5, 5.41) is 5.67. The van der Waals surface area contributed by atoms with Crippen molar-refractivity contribution < 1.29 is 0 Å². The number of rotatable bonds is 1. The van der Waals surface area contributed by atoms with E-state index in [9.17, 15) is 0 Å². The third-order valence-corrected chi connectivity index (χ3v) is 3.53. The molecule has 0 spiro atoms. The van der Waals surface area contributed by atoms with Gasteiger partial charge in [-0.25, -0.2) is 0 Å². The van der Waals surface area contributed by atoms with Crippen molar-refractivity contribution in [3.63, 3.8) is 0 Å². The summed E-state index contributed by atoms with van der Waals surface area (Å²) in [6.45, 7) is 6.71. The molecule has 1 N–H and O–H groups in total. The normalized spacial score (nSPS) is 15.9. The average molecular weight is 167 g/mol. The van der Waals surface area contributed by atoms with E-state index in [1.54, 1.807) is 10.4 Å². The number of thiophene rings is 1. The van der Waals surface area contributed by atoms with Crippen molar-refractivity contribution in [2.24, 2.45) is 0 Å². The quantitative estimate of drug-likeness (QED) is 0.677. The largest absolute Gasteiger partial charge is 0.309 e. The second-order valence-electron chi connectivity index (χ2n) is 3.36. The molecule has 0 aliphatic carbocycles. The maximum atomic E-state index is 3.37. The highest BCUT2D eigenvalue weighted by Gasteiger charge is 2.17. The molecule has 60 valence electrons. The van der Waals surface area contributed by atoms with Crippen molar-refractivity contribution in [3.05, 3.63) is 21.4 Å². The Morgan fingerprint density at radius 1 is 1.45 bits per heavy atom. The van der Waals surface area contributed by atoms with Crippen LogP contribution in [-0.2, 0) is 13.1 Å². The van der Waals surface area contributed by atoms with Crippen molar-refractivity contribution in [2.75, 3.05) is 0 Å². The summed E-state index contributed by atoms with van der Waals surface area (Å²) in [6, 6.07) is 0. The zero-order chi connectivity index (χ0) is 7.84. The minimum absolute atomic E-state index is 0.698. The van der Waals surface area contributed by atoms with E-state index in [2.05, 4.69) is 24.5 Å². The fourth-order valence-corrected chi connectivity index (χ4v) is 2.70.